The van der Waals surface area contributed by atoms with E-state index < -0.39 is 11.9 Å². The third-order valence-corrected chi connectivity index (χ3v) is 3.30. The summed E-state index contributed by atoms with van der Waals surface area (Å²) in [7, 11) is 0. The van der Waals surface area contributed by atoms with E-state index in [1.165, 1.54) is 12.4 Å². The summed E-state index contributed by atoms with van der Waals surface area (Å²) in [4.78, 5) is 31.5. The van der Waals surface area contributed by atoms with Gasteiger partial charge < -0.3 is 9.47 Å². The highest BCUT2D eigenvalue weighted by Crippen LogP contribution is 2.15. The second-order valence-electron chi connectivity index (χ2n) is 5.09. The average Bonchev–Trinajstić information content (AvgIpc) is 2.68. The number of pyridine rings is 2. The fourth-order valence-corrected chi connectivity index (χ4v) is 2.02. The van der Waals surface area contributed by atoms with Crippen molar-refractivity contribution in [1.82, 2.24) is 9.97 Å². The lowest BCUT2D eigenvalue weighted by atomic mass is 10.2. The molecule has 3 rings (SSSR count). The van der Waals surface area contributed by atoms with Crippen LogP contribution >= 0.6 is 0 Å². The maximum Gasteiger partial charge on any atom is 0.345 e. The van der Waals surface area contributed by atoms with Crippen molar-refractivity contribution in [2.24, 2.45) is 0 Å². The van der Waals surface area contributed by atoms with Crippen LogP contribution < -0.4 is 4.74 Å². The molecule has 6 nitrogen and oxygen atoms in total. The maximum atomic E-state index is 11.9. The van der Waals surface area contributed by atoms with Gasteiger partial charge in [0, 0.05) is 24.8 Å². The standard InChI is InChI=1S/C19H14N2O4/c22-18(15-3-1-9-20-11-15)24-13-14-5-7-17(8-6-14)25-19(23)16-4-2-10-21-12-16/h1-12H,13H2. The van der Waals surface area contributed by atoms with Gasteiger partial charge in [0.2, 0.25) is 0 Å². The van der Waals surface area contributed by atoms with E-state index in [0.717, 1.165) is 5.56 Å². The van der Waals surface area contributed by atoms with Crippen molar-refractivity contribution in [3.8, 4) is 5.75 Å². The summed E-state index contributed by atoms with van der Waals surface area (Å²) < 4.78 is 10.5. The first-order valence-electron chi connectivity index (χ1n) is 7.51. The van der Waals surface area contributed by atoms with E-state index in [2.05, 4.69) is 9.97 Å². The van der Waals surface area contributed by atoms with Crippen LogP contribution in [0.4, 0.5) is 0 Å². The van der Waals surface area contributed by atoms with Crippen LogP contribution in [0.3, 0.4) is 0 Å². The van der Waals surface area contributed by atoms with Crippen molar-refractivity contribution in [3.63, 3.8) is 0 Å². The average molecular weight is 334 g/mol. The Morgan fingerprint density at radius 1 is 0.800 bits per heavy atom. The second-order valence-corrected chi connectivity index (χ2v) is 5.09. The summed E-state index contributed by atoms with van der Waals surface area (Å²) in [5.41, 5.74) is 1.54. The minimum absolute atomic E-state index is 0.116. The molecule has 0 fully saturated rings. The monoisotopic (exact) mass is 334 g/mol. The highest BCUT2D eigenvalue weighted by atomic mass is 16.5. The van der Waals surface area contributed by atoms with E-state index in [9.17, 15) is 9.59 Å². The van der Waals surface area contributed by atoms with Gasteiger partial charge in [-0.05, 0) is 42.0 Å². The van der Waals surface area contributed by atoms with E-state index in [0.29, 0.717) is 16.9 Å². The molecule has 0 aliphatic heterocycles. The van der Waals surface area contributed by atoms with Crippen LogP contribution in [-0.2, 0) is 11.3 Å². The Labute approximate surface area is 144 Å². The van der Waals surface area contributed by atoms with Crippen LogP contribution in [0.2, 0.25) is 0 Å². The predicted molar refractivity (Wildman–Crippen MR) is 89.0 cm³/mol. The first kappa shape index (κ1) is 16.3. The van der Waals surface area contributed by atoms with Gasteiger partial charge in [-0.15, -0.1) is 0 Å². The summed E-state index contributed by atoms with van der Waals surface area (Å²) in [5, 5.41) is 0. The predicted octanol–water partition coefficient (Wildman–Crippen LogP) is 3.05. The van der Waals surface area contributed by atoms with Gasteiger partial charge >= 0.3 is 11.9 Å². The molecule has 0 amide bonds. The fraction of sp³-hybridized carbons (Fsp3) is 0.0526. The minimum Gasteiger partial charge on any atom is -0.457 e. The quantitative estimate of drug-likeness (QED) is 0.527. The molecule has 0 bridgehead atoms. The highest BCUT2D eigenvalue weighted by Gasteiger charge is 2.09. The molecule has 3 aromatic rings. The van der Waals surface area contributed by atoms with Crippen LogP contribution in [0.1, 0.15) is 26.3 Å². The molecule has 0 saturated carbocycles. The van der Waals surface area contributed by atoms with Gasteiger partial charge in [-0.1, -0.05) is 12.1 Å². The number of carbonyl (C=O) groups is 2. The number of aromatic nitrogens is 2. The first-order valence-corrected chi connectivity index (χ1v) is 7.51. The van der Waals surface area contributed by atoms with Crippen molar-refractivity contribution in [2.45, 2.75) is 6.61 Å². The number of benzene rings is 1. The molecule has 0 saturated heterocycles. The van der Waals surface area contributed by atoms with Crippen LogP contribution in [0.25, 0.3) is 0 Å². The lowest BCUT2D eigenvalue weighted by molar-refractivity contribution is 0.0472. The molecule has 124 valence electrons. The van der Waals surface area contributed by atoms with Gasteiger partial charge in [0.15, 0.2) is 0 Å². The minimum atomic E-state index is -0.483. The van der Waals surface area contributed by atoms with Gasteiger partial charge in [0.25, 0.3) is 0 Å². The van der Waals surface area contributed by atoms with Gasteiger partial charge in [-0.2, -0.15) is 0 Å². The third kappa shape index (κ3) is 4.48. The Morgan fingerprint density at radius 2 is 1.40 bits per heavy atom. The van der Waals surface area contributed by atoms with E-state index in [1.807, 2.05) is 0 Å². The lowest BCUT2D eigenvalue weighted by Gasteiger charge is -2.07. The number of rotatable bonds is 5. The van der Waals surface area contributed by atoms with Gasteiger partial charge in [-0.3, -0.25) is 9.97 Å². The molecule has 0 atom stereocenters. The Hall–Kier alpha value is -3.54. The fourth-order valence-electron chi connectivity index (χ4n) is 2.02. The number of ether oxygens (including phenoxy) is 2. The number of hydrogen-bond donors (Lipinski definition) is 0. The second kappa shape index (κ2) is 7.83. The van der Waals surface area contributed by atoms with Crippen LogP contribution in [0.15, 0.2) is 73.3 Å². The Balaban J connectivity index is 1.55. The molecule has 6 heteroatoms. The van der Waals surface area contributed by atoms with E-state index in [4.69, 9.17) is 9.47 Å². The van der Waals surface area contributed by atoms with Crippen LogP contribution in [0.5, 0.6) is 5.75 Å². The summed E-state index contributed by atoms with van der Waals surface area (Å²) in [6, 6.07) is 13.3. The molecule has 0 N–H and O–H groups in total. The van der Waals surface area contributed by atoms with E-state index >= 15 is 0 Å². The van der Waals surface area contributed by atoms with Crippen molar-refractivity contribution >= 4 is 11.9 Å². The number of esters is 2. The van der Waals surface area contributed by atoms with Crippen LogP contribution in [-0.4, -0.2) is 21.9 Å². The van der Waals surface area contributed by atoms with Crippen LogP contribution in [0, 0.1) is 0 Å². The van der Waals surface area contributed by atoms with E-state index in [1.54, 1.807) is 60.9 Å². The Morgan fingerprint density at radius 3 is 1.96 bits per heavy atom. The normalized spacial score (nSPS) is 10.1. The molecular weight excluding hydrogens is 320 g/mol. The zero-order chi connectivity index (χ0) is 17.5. The molecule has 0 aliphatic carbocycles. The van der Waals surface area contributed by atoms with Crippen molar-refractivity contribution < 1.29 is 19.1 Å². The molecule has 0 unspecified atom stereocenters. The van der Waals surface area contributed by atoms with Crippen molar-refractivity contribution in [1.29, 1.82) is 0 Å². The summed E-state index contributed by atoms with van der Waals surface area (Å²) in [6.45, 7) is 0.116. The topological polar surface area (TPSA) is 78.4 Å². The molecule has 25 heavy (non-hydrogen) atoms. The Kier molecular flexibility index (Phi) is 5.11. The van der Waals surface area contributed by atoms with Gasteiger partial charge in [-0.25, -0.2) is 9.59 Å². The largest absolute Gasteiger partial charge is 0.457 e. The highest BCUT2D eigenvalue weighted by molar-refractivity contribution is 5.90. The summed E-state index contributed by atoms with van der Waals surface area (Å²) >= 11 is 0. The lowest BCUT2D eigenvalue weighted by Crippen LogP contribution is -2.08. The number of hydrogen-bond acceptors (Lipinski definition) is 6. The molecule has 0 spiro atoms. The maximum absolute atomic E-state index is 11.9. The Bertz CT molecular complexity index is 850. The van der Waals surface area contributed by atoms with E-state index in [-0.39, 0.29) is 6.61 Å². The molecule has 1 aromatic carbocycles. The zero-order valence-electron chi connectivity index (χ0n) is 13.2. The molecule has 0 aliphatic rings. The number of nitrogens with zero attached hydrogens (tertiary/aromatic N) is 2. The van der Waals surface area contributed by atoms with Crippen molar-refractivity contribution in [3.05, 3.63) is 90.0 Å². The molecule has 0 radical (unpaired) electrons. The third-order valence-electron chi connectivity index (χ3n) is 3.30. The van der Waals surface area contributed by atoms with Gasteiger partial charge in [0.05, 0.1) is 11.1 Å². The van der Waals surface area contributed by atoms with Crippen molar-refractivity contribution in [2.75, 3.05) is 0 Å². The first-order chi connectivity index (χ1) is 12.2. The summed E-state index contributed by atoms with van der Waals surface area (Å²) in [6.07, 6.45) is 6.05. The molecular formula is C19H14N2O4. The SMILES string of the molecule is O=C(OCc1ccc(OC(=O)c2cccnc2)cc1)c1cccnc1. The zero-order valence-corrected chi connectivity index (χ0v) is 13.2. The molecule has 2 aromatic heterocycles. The molecule has 2 heterocycles. The smallest absolute Gasteiger partial charge is 0.345 e. The van der Waals surface area contributed by atoms with Gasteiger partial charge in [0.1, 0.15) is 12.4 Å². The number of carbonyl (C=O) groups excluding carboxylic acids is 2. The summed E-state index contributed by atoms with van der Waals surface area (Å²) in [5.74, 6) is -0.528.